The van der Waals surface area contributed by atoms with Gasteiger partial charge in [0.05, 0.1) is 23.7 Å². The predicted molar refractivity (Wildman–Crippen MR) is 45.7 cm³/mol. The molecule has 2 rings (SSSR count). The number of nitrogens with zero attached hydrogens (tertiary/aromatic N) is 3. The number of nitrogens with one attached hydrogen (secondary N) is 1. The molecular formula is C8H10N4. The Hall–Kier alpha value is -1.45. The van der Waals surface area contributed by atoms with Crippen LogP contribution in [0.2, 0.25) is 0 Å². The standard InChI is InChI=1S/C8H10N4/c1-2-3-6-8-7(4-11-12-6)9-5-10-8/h4-5H,2-3H2,1H3,(H,9,10). The van der Waals surface area contributed by atoms with Crippen molar-refractivity contribution in [2.45, 2.75) is 19.8 Å². The van der Waals surface area contributed by atoms with Crippen molar-refractivity contribution in [2.75, 3.05) is 0 Å². The maximum Gasteiger partial charge on any atom is 0.113 e. The molecule has 0 fully saturated rings. The van der Waals surface area contributed by atoms with Crippen molar-refractivity contribution in [1.29, 1.82) is 0 Å². The predicted octanol–water partition coefficient (Wildman–Crippen LogP) is 1.31. The van der Waals surface area contributed by atoms with Crippen LogP contribution in [0.15, 0.2) is 12.5 Å². The molecule has 12 heavy (non-hydrogen) atoms. The number of H-pyrrole nitrogens is 1. The summed E-state index contributed by atoms with van der Waals surface area (Å²) in [5.41, 5.74) is 2.90. The second-order valence-electron chi connectivity index (χ2n) is 2.71. The second kappa shape index (κ2) is 2.89. The van der Waals surface area contributed by atoms with E-state index in [2.05, 4.69) is 27.1 Å². The molecule has 0 atom stereocenters. The van der Waals surface area contributed by atoms with Gasteiger partial charge in [-0.1, -0.05) is 13.3 Å². The Morgan fingerprint density at radius 3 is 3.25 bits per heavy atom. The molecule has 2 aromatic rings. The Balaban J connectivity index is 2.57. The van der Waals surface area contributed by atoms with Crippen LogP contribution in [0, 0.1) is 0 Å². The van der Waals surface area contributed by atoms with Gasteiger partial charge in [0, 0.05) is 0 Å². The summed E-state index contributed by atoms with van der Waals surface area (Å²) in [7, 11) is 0. The van der Waals surface area contributed by atoms with E-state index >= 15 is 0 Å². The highest BCUT2D eigenvalue weighted by Gasteiger charge is 2.03. The van der Waals surface area contributed by atoms with Crippen LogP contribution in [-0.4, -0.2) is 20.2 Å². The van der Waals surface area contributed by atoms with Crippen LogP contribution in [-0.2, 0) is 6.42 Å². The Labute approximate surface area is 70.0 Å². The summed E-state index contributed by atoms with van der Waals surface area (Å²) < 4.78 is 0. The van der Waals surface area contributed by atoms with Crippen LogP contribution < -0.4 is 0 Å². The van der Waals surface area contributed by atoms with Crippen LogP contribution in [0.5, 0.6) is 0 Å². The summed E-state index contributed by atoms with van der Waals surface area (Å²) in [5, 5.41) is 7.92. The van der Waals surface area contributed by atoms with Gasteiger partial charge in [0.2, 0.25) is 0 Å². The monoisotopic (exact) mass is 162 g/mol. The topological polar surface area (TPSA) is 54.5 Å². The molecule has 4 heteroatoms. The fraction of sp³-hybridized carbons (Fsp3) is 0.375. The smallest absolute Gasteiger partial charge is 0.113 e. The van der Waals surface area contributed by atoms with E-state index in [1.54, 1.807) is 12.5 Å². The van der Waals surface area contributed by atoms with Gasteiger partial charge in [-0.2, -0.15) is 10.2 Å². The quantitative estimate of drug-likeness (QED) is 0.724. The number of fused-ring (bicyclic) bond motifs is 1. The summed E-state index contributed by atoms with van der Waals surface area (Å²) in [6.07, 6.45) is 5.38. The summed E-state index contributed by atoms with van der Waals surface area (Å²) >= 11 is 0. The van der Waals surface area contributed by atoms with Gasteiger partial charge in [0.1, 0.15) is 5.52 Å². The average Bonchev–Trinajstić information content (AvgIpc) is 2.53. The largest absolute Gasteiger partial charge is 0.343 e. The van der Waals surface area contributed by atoms with Crippen LogP contribution >= 0.6 is 0 Å². The van der Waals surface area contributed by atoms with Gasteiger partial charge in [0.15, 0.2) is 0 Å². The summed E-state index contributed by atoms with van der Waals surface area (Å²) in [4.78, 5) is 7.18. The van der Waals surface area contributed by atoms with E-state index in [4.69, 9.17) is 0 Å². The molecule has 0 aliphatic rings. The summed E-state index contributed by atoms with van der Waals surface area (Å²) in [5.74, 6) is 0. The van der Waals surface area contributed by atoms with Crippen molar-refractivity contribution >= 4 is 11.0 Å². The van der Waals surface area contributed by atoms with Crippen LogP contribution in [0.25, 0.3) is 11.0 Å². The van der Waals surface area contributed by atoms with E-state index in [-0.39, 0.29) is 0 Å². The van der Waals surface area contributed by atoms with E-state index in [0.717, 1.165) is 29.6 Å². The third-order valence-corrected chi connectivity index (χ3v) is 1.79. The molecule has 1 N–H and O–H groups in total. The molecule has 0 saturated heterocycles. The van der Waals surface area contributed by atoms with Crippen LogP contribution in [0.1, 0.15) is 19.0 Å². The van der Waals surface area contributed by atoms with Gasteiger partial charge >= 0.3 is 0 Å². The lowest BCUT2D eigenvalue weighted by Gasteiger charge is -1.95. The fourth-order valence-electron chi connectivity index (χ4n) is 1.24. The fourth-order valence-corrected chi connectivity index (χ4v) is 1.24. The molecule has 0 bridgehead atoms. The molecule has 2 aromatic heterocycles. The molecule has 0 unspecified atom stereocenters. The van der Waals surface area contributed by atoms with Crippen molar-refractivity contribution in [3.8, 4) is 0 Å². The first-order valence-corrected chi connectivity index (χ1v) is 4.05. The molecular weight excluding hydrogens is 152 g/mol. The SMILES string of the molecule is CCCc1nncc2[nH]cnc12. The van der Waals surface area contributed by atoms with E-state index in [9.17, 15) is 0 Å². The molecule has 0 spiro atoms. The minimum atomic E-state index is 0.940. The van der Waals surface area contributed by atoms with Crippen molar-refractivity contribution in [2.24, 2.45) is 0 Å². The molecule has 0 aliphatic heterocycles. The third-order valence-electron chi connectivity index (χ3n) is 1.79. The third kappa shape index (κ3) is 1.05. The number of hydrogen-bond donors (Lipinski definition) is 1. The van der Waals surface area contributed by atoms with Crippen molar-refractivity contribution in [1.82, 2.24) is 20.2 Å². The molecule has 0 aliphatic carbocycles. The highest BCUT2D eigenvalue weighted by molar-refractivity contribution is 5.75. The lowest BCUT2D eigenvalue weighted by atomic mass is 10.2. The zero-order valence-electron chi connectivity index (χ0n) is 6.91. The van der Waals surface area contributed by atoms with Gasteiger partial charge < -0.3 is 4.98 Å². The first-order chi connectivity index (χ1) is 5.92. The maximum absolute atomic E-state index is 4.18. The molecule has 0 radical (unpaired) electrons. The van der Waals surface area contributed by atoms with Gasteiger partial charge in [-0.25, -0.2) is 4.98 Å². The first-order valence-electron chi connectivity index (χ1n) is 4.05. The number of imidazole rings is 1. The molecule has 0 saturated carbocycles. The highest BCUT2D eigenvalue weighted by Crippen LogP contribution is 2.11. The lowest BCUT2D eigenvalue weighted by molar-refractivity contribution is 0.849. The van der Waals surface area contributed by atoms with Crippen molar-refractivity contribution in [3.05, 3.63) is 18.2 Å². The zero-order valence-corrected chi connectivity index (χ0v) is 6.91. The number of aromatic nitrogens is 4. The maximum atomic E-state index is 4.18. The van der Waals surface area contributed by atoms with Crippen molar-refractivity contribution in [3.63, 3.8) is 0 Å². The highest BCUT2D eigenvalue weighted by atomic mass is 15.1. The normalized spacial score (nSPS) is 10.8. The molecule has 0 aromatic carbocycles. The molecule has 62 valence electrons. The molecule has 4 nitrogen and oxygen atoms in total. The summed E-state index contributed by atoms with van der Waals surface area (Å²) in [6, 6.07) is 0. The first kappa shape index (κ1) is 7.21. The molecule has 0 amide bonds. The average molecular weight is 162 g/mol. The van der Waals surface area contributed by atoms with Crippen LogP contribution in [0.4, 0.5) is 0 Å². The van der Waals surface area contributed by atoms with E-state index in [1.165, 1.54) is 0 Å². The van der Waals surface area contributed by atoms with Crippen LogP contribution in [0.3, 0.4) is 0 Å². The van der Waals surface area contributed by atoms with Gasteiger partial charge in [-0.05, 0) is 6.42 Å². The number of aryl methyl sites for hydroxylation is 1. The Kier molecular flexibility index (Phi) is 1.74. The van der Waals surface area contributed by atoms with E-state index < -0.39 is 0 Å². The number of aromatic amines is 1. The number of hydrogen-bond acceptors (Lipinski definition) is 3. The Morgan fingerprint density at radius 1 is 1.50 bits per heavy atom. The second-order valence-corrected chi connectivity index (χ2v) is 2.71. The van der Waals surface area contributed by atoms with E-state index in [1.807, 2.05) is 0 Å². The molecule has 2 heterocycles. The number of rotatable bonds is 2. The minimum Gasteiger partial charge on any atom is -0.343 e. The Morgan fingerprint density at radius 2 is 2.42 bits per heavy atom. The van der Waals surface area contributed by atoms with E-state index in [0.29, 0.717) is 0 Å². The minimum absolute atomic E-state index is 0.940. The van der Waals surface area contributed by atoms with Crippen molar-refractivity contribution < 1.29 is 0 Å². The van der Waals surface area contributed by atoms with Gasteiger partial charge in [0.25, 0.3) is 0 Å². The lowest BCUT2D eigenvalue weighted by Crippen LogP contribution is -1.93. The van der Waals surface area contributed by atoms with Gasteiger partial charge in [-0.15, -0.1) is 0 Å². The Bertz CT molecular complexity index is 379. The zero-order chi connectivity index (χ0) is 8.39. The van der Waals surface area contributed by atoms with Gasteiger partial charge in [-0.3, -0.25) is 0 Å². The summed E-state index contributed by atoms with van der Waals surface area (Å²) in [6.45, 7) is 2.12.